The highest BCUT2D eigenvalue weighted by Crippen LogP contribution is 2.48. The van der Waals surface area contributed by atoms with E-state index in [1.54, 1.807) is 0 Å². The summed E-state index contributed by atoms with van der Waals surface area (Å²) in [6.07, 6.45) is 5.22. The minimum absolute atomic E-state index is 0.0791. The normalized spacial score (nSPS) is 26.1. The van der Waals surface area contributed by atoms with E-state index in [1.165, 1.54) is 10.9 Å². The SMILES string of the molecule is CCC1CSC2=NC(c3ccccn3)C(c3cccn3C(C)C)N21. The topological polar surface area (TPSA) is 33.4 Å². The zero-order valence-electron chi connectivity index (χ0n) is 14.5. The number of nitrogens with zero attached hydrogens (tertiary/aromatic N) is 4. The number of fused-ring (bicyclic) bond motifs is 1. The monoisotopic (exact) mass is 340 g/mol. The summed E-state index contributed by atoms with van der Waals surface area (Å²) < 4.78 is 2.38. The molecule has 2 aromatic rings. The number of aliphatic imine (C=N–C) groups is 1. The largest absolute Gasteiger partial charge is 0.347 e. The molecule has 1 saturated heterocycles. The van der Waals surface area contributed by atoms with Gasteiger partial charge >= 0.3 is 0 Å². The second kappa shape index (κ2) is 6.28. The fraction of sp³-hybridized carbons (Fsp3) is 0.474. The number of amidine groups is 1. The van der Waals surface area contributed by atoms with Crippen molar-refractivity contribution in [2.75, 3.05) is 5.75 Å². The molecule has 0 aliphatic carbocycles. The lowest BCUT2D eigenvalue weighted by Gasteiger charge is -2.33. The van der Waals surface area contributed by atoms with Crippen molar-refractivity contribution in [2.45, 2.75) is 51.4 Å². The molecule has 0 saturated carbocycles. The standard InChI is InChI=1S/C19H24N4S/c1-4-14-12-24-19-21-17(15-8-5-6-10-20-15)18(23(14)19)16-9-7-11-22(16)13(2)3/h5-11,13-14,17-18H,4,12H2,1-3H3. The molecule has 1 fully saturated rings. The van der Waals surface area contributed by atoms with Gasteiger partial charge in [0, 0.05) is 35.9 Å². The van der Waals surface area contributed by atoms with Gasteiger partial charge in [-0.25, -0.2) is 0 Å². The minimum Gasteiger partial charge on any atom is -0.347 e. The summed E-state index contributed by atoms with van der Waals surface area (Å²) in [4.78, 5) is 12.3. The molecule has 4 rings (SSSR count). The van der Waals surface area contributed by atoms with Gasteiger partial charge in [-0.1, -0.05) is 24.8 Å². The number of hydrogen-bond acceptors (Lipinski definition) is 4. The molecule has 0 aromatic carbocycles. The second-order valence-electron chi connectivity index (χ2n) is 6.77. The van der Waals surface area contributed by atoms with Crippen LogP contribution in [-0.4, -0.2) is 31.4 Å². The lowest BCUT2D eigenvalue weighted by atomic mass is 9.99. The van der Waals surface area contributed by atoms with Crippen molar-refractivity contribution in [1.29, 1.82) is 0 Å². The maximum absolute atomic E-state index is 5.09. The Balaban J connectivity index is 1.81. The van der Waals surface area contributed by atoms with Crippen LogP contribution in [0.15, 0.2) is 47.7 Å². The summed E-state index contributed by atoms with van der Waals surface area (Å²) in [5.74, 6) is 1.14. The van der Waals surface area contributed by atoms with Crippen LogP contribution >= 0.6 is 11.8 Å². The van der Waals surface area contributed by atoms with E-state index >= 15 is 0 Å². The molecule has 4 heterocycles. The number of pyridine rings is 1. The maximum Gasteiger partial charge on any atom is 0.160 e. The van der Waals surface area contributed by atoms with Crippen LogP contribution in [0.3, 0.4) is 0 Å². The average Bonchev–Trinajstić information content (AvgIpc) is 3.29. The third kappa shape index (κ3) is 2.46. The van der Waals surface area contributed by atoms with Crippen molar-refractivity contribution in [3.8, 4) is 0 Å². The Morgan fingerprint density at radius 2 is 2.12 bits per heavy atom. The average molecular weight is 340 g/mol. The van der Waals surface area contributed by atoms with E-state index in [-0.39, 0.29) is 12.1 Å². The minimum atomic E-state index is 0.0791. The Hall–Kier alpha value is -1.75. The van der Waals surface area contributed by atoms with Crippen LogP contribution in [0.5, 0.6) is 0 Å². The molecule has 24 heavy (non-hydrogen) atoms. The predicted molar refractivity (Wildman–Crippen MR) is 100 cm³/mol. The van der Waals surface area contributed by atoms with E-state index in [1.807, 2.05) is 24.0 Å². The number of thioether (sulfide) groups is 1. The van der Waals surface area contributed by atoms with Gasteiger partial charge in [-0.05, 0) is 44.5 Å². The van der Waals surface area contributed by atoms with E-state index in [0.29, 0.717) is 12.1 Å². The molecule has 0 amide bonds. The maximum atomic E-state index is 5.09. The van der Waals surface area contributed by atoms with Gasteiger partial charge in [-0.3, -0.25) is 9.98 Å². The molecule has 0 N–H and O–H groups in total. The Kier molecular flexibility index (Phi) is 4.12. The first-order valence-electron chi connectivity index (χ1n) is 8.77. The van der Waals surface area contributed by atoms with Crippen LogP contribution in [0, 0.1) is 0 Å². The van der Waals surface area contributed by atoms with Gasteiger partial charge in [0.25, 0.3) is 0 Å². The predicted octanol–water partition coefficient (Wildman–Crippen LogP) is 4.44. The van der Waals surface area contributed by atoms with Crippen molar-refractivity contribution in [2.24, 2.45) is 4.99 Å². The van der Waals surface area contributed by atoms with Crippen LogP contribution in [0.1, 0.15) is 56.7 Å². The fourth-order valence-electron chi connectivity index (χ4n) is 3.80. The molecular formula is C19H24N4S. The summed E-state index contributed by atoms with van der Waals surface area (Å²) in [5.41, 5.74) is 2.41. The number of rotatable bonds is 4. The molecule has 126 valence electrons. The summed E-state index contributed by atoms with van der Waals surface area (Å²) >= 11 is 1.90. The highest BCUT2D eigenvalue weighted by atomic mass is 32.2. The van der Waals surface area contributed by atoms with Gasteiger partial charge in [0.1, 0.15) is 6.04 Å². The van der Waals surface area contributed by atoms with Crippen molar-refractivity contribution in [1.82, 2.24) is 14.5 Å². The smallest absolute Gasteiger partial charge is 0.160 e. The van der Waals surface area contributed by atoms with E-state index < -0.39 is 0 Å². The van der Waals surface area contributed by atoms with Gasteiger partial charge in [0.15, 0.2) is 5.17 Å². The van der Waals surface area contributed by atoms with Gasteiger partial charge in [0.2, 0.25) is 0 Å². The molecule has 0 bridgehead atoms. The van der Waals surface area contributed by atoms with Crippen LogP contribution < -0.4 is 0 Å². The van der Waals surface area contributed by atoms with Crippen molar-refractivity contribution in [3.05, 3.63) is 54.1 Å². The number of hydrogen-bond donors (Lipinski definition) is 0. The zero-order chi connectivity index (χ0) is 16.7. The number of aromatic nitrogens is 2. The third-order valence-electron chi connectivity index (χ3n) is 5.00. The summed E-state index contributed by atoms with van der Waals surface area (Å²) in [5, 5.41) is 1.19. The Morgan fingerprint density at radius 1 is 1.25 bits per heavy atom. The Labute approximate surface area is 148 Å². The second-order valence-corrected chi connectivity index (χ2v) is 7.76. The van der Waals surface area contributed by atoms with Gasteiger partial charge < -0.3 is 9.47 Å². The molecule has 2 aliphatic rings. The molecular weight excluding hydrogens is 316 g/mol. The molecule has 0 spiro atoms. The summed E-state index contributed by atoms with van der Waals surface area (Å²) in [7, 11) is 0. The molecule has 5 heteroatoms. The molecule has 3 unspecified atom stereocenters. The molecule has 2 aliphatic heterocycles. The third-order valence-corrected chi connectivity index (χ3v) is 6.13. The van der Waals surface area contributed by atoms with Crippen LogP contribution in [0.25, 0.3) is 0 Å². The molecule has 3 atom stereocenters. The van der Waals surface area contributed by atoms with Crippen molar-refractivity contribution in [3.63, 3.8) is 0 Å². The van der Waals surface area contributed by atoms with Crippen molar-refractivity contribution >= 4 is 16.9 Å². The fourth-order valence-corrected chi connectivity index (χ4v) is 5.14. The van der Waals surface area contributed by atoms with Gasteiger partial charge in [-0.2, -0.15) is 0 Å². The molecule has 4 nitrogen and oxygen atoms in total. The van der Waals surface area contributed by atoms with Gasteiger partial charge in [-0.15, -0.1) is 0 Å². The Bertz CT molecular complexity index is 737. The highest BCUT2D eigenvalue weighted by Gasteiger charge is 2.46. The van der Waals surface area contributed by atoms with Crippen LogP contribution in [-0.2, 0) is 0 Å². The van der Waals surface area contributed by atoms with E-state index in [4.69, 9.17) is 4.99 Å². The van der Waals surface area contributed by atoms with Crippen LogP contribution in [0.2, 0.25) is 0 Å². The Morgan fingerprint density at radius 3 is 2.83 bits per heavy atom. The highest BCUT2D eigenvalue weighted by molar-refractivity contribution is 8.14. The van der Waals surface area contributed by atoms with Gasteiger partial charge in [0.05, 0.1) is 11.7 Å². The first kappa shape index (κ1) is 15.8. The van der Waals surface area contributed by atoms with E-state index in [2.05, 4.69) is 65.7 Å². The lowest BCUT2D eigenvalue weighted by Crippen LogP contribution is -2.36. The first-order chi connectivity index (χ1) is 11.7. The molecule has 0 radical (unpaired) electrons. The lowest BCUT2D eigenvalue weighted by molar-refractivity contribution is 0.243. The van der Waals surface area contributed by atoms with E-state index in [9.17, 15) is 0 Å². The van der Waals surface area contributed by atoms with Crippen molar-refractivity contribution < 1.29 is 0 Å². The van der Waals surface area contributed by atoms with Crippen LogP contribution in [0.4, 0.5) is 0 Å². The molecule has 2 aromatic heterocycles. The van der Waals surface area contributed by atoms with E-state index in [0.717, 1.165) is 17.9 Å². The quantitative estimate of drug-likeness (QED) is 0.825. The summed E-state index contributed by atoms with van der Waals surface area (Å²) in [6, 6.07) is 11.9. The zero-order valence-corrected chi connectivity index (χ0v) is 15.3. The summed E-state index contributed by atoms with van der Waals surface area (Å²) in [6.45, 7) is 6.76. The first-order valence-corrected chi connectivity index (χ1v) is 9.76.